The van der Waals surface area contributed by atoms with Crippen molar-refractivity contribution < 1.29 is 9.15 Å². The van der Waals surface area contributed by atoms with Crippen molar-refractivity contribution in [2.24, 2.45) is 0 Å². The van der Waals surface area contributed by atoms with E-state index in [1.165, 1.54) is 0 Å². The van der Waals surface area contributed by atoms with Crippen LogP contribution in [0, 0.1) is 0 Å². The van der Waals surface area contributed by atoms with Crippen LogP contribution in [-0.4, -0.2) is 6.61 Å². The lowest BCUT2D eigenvalue weighted by atomic mass is 10.1. The summed E-state index contributed by atoms with van der Waals surface area (Å²) in [5, 5.41) is 2.18. The first-order chi connectivity index (χ1) is 7.90. The minimum Gasteiger partial charge on any atom is -0.493 e. The zero-order valence-electron chi connectivity index (χ0n) is 9.07. The molecule has 2 heteroatoms. The lowest BCUT2D eigenvalue weighted by Crippen LogP contribution is -1.91. The van der Waals surface area contributed by atoms with Crippen LogP contribution in [0.2, 0.25) is 0 Å². The molecular formula is C14H12O2. The van der Waals surface area contributed by atoms with Gasteiger partial charge in [0.1, 0.15) is 16.9 Å². The first-order valence-corrected chi connectivity index (χ1v) is 5.43. The second-order valence-electron chi connectivity index (χ2n) is 3.66. The molecule has 0 aliphatic rings. The van der Waals surface area contributed by atoms with E-state index < -0.39 is 0 Å². The second kappa shape index (κ2) is 3.56. The Kier molecular flexibility index (Phi) is 2.07. The average Bonchev–Trinajstić information content (AvgIpc) is 2.68. The van der Waals surface area contributed by atoms with Crippen molar-refractivity contribution >= 4 is 21.9 Å². The Bertz CT molecular complexity index is 637. The minimum absolute atomic E-state index is 0.665. The number of fused-ring (bicyclic) bond motifs is 3. The molecule has 2 nitrogen and oxygen atoms in total. The van der Waals surface area contributed by atoms with Gasteiger partial charge in [-0.15, -0.1) is 0 Å². The van der Waals surface area contributed by atoms with Crippen molar-refractivity contribution in [2.75, 3.05) is 6.61 Å². The van der Waals surface area contributed by atoms with Gasteiger partial charge in [-0.1, -0.05) is 24.3 Å². The predicted molar refractivity (Wildman–Crippen MR) is 64.9 cm³/mol. The normalized spacial score (nSPS) is 11.1. The molecule has 0 bridgehead atoms. The van der Waals surface area contributed by atoms with E-state index in [1.807, 2.05) is 43.3 Å². The van der Waals surface area contributed by atoms with E-state index in [0.717, 1.165) is 27.7 Å². The fourth-order valence-electron chi connectivity index (χ4n) is 2.02. The van der Waals surface area contributed by atoms with Crippen LogP contribution in [0.25, 0.3) is 21.9 Å². The van der Waals surface area contributed by atoms with E-state index in [2.05, 4.69) is 6.07 Å². The molecule has 0 amide bonds. The first kappa shape index (κ1) is 9.28. The molecule has 3 rings (SSSR count). The standard InChI is InChI=1S/C14H12O2/c1-2-15-12-8-5-9-13-14(12)10-6-3-4-7-11(10)16-13/h3-9H,2H2,1H3. The topological polar surface area (TPSA) is 22.4 Å². The summed E-state index contributed by atoms with van der Waals surface area (Å²) in [6, 6.07) is 13.9. The fourth-order valence-corrected chi connectivity index (χ4v) is 2.02. The zero-order chi connectivity index (χ0) is 11.0. The number of para-hydroxylation sites is 1. The lowest BCUT2D eigenvalue weighted by molar-refractivity contribution is 0.344. The first-order valence-electron chi connectivity index (χ1n) is 5.43. The maximum absolute atomic E-state index is 5.76. The Morgan fingerprint density at radius 3 is 2.69 bits per heavy atom. The van der Waals surface area contributed by atoms with Gasteiger partial charge >= 0.3 is 0 Å². The Hall–Kier alpha value is -1.96. The summed E-state index contributed by atoms with van der Waals surface area (Å²) in [5.74, 6) is 0.893. The number of hydrogen-bond acceptors (Lipinski definition) is 2. The molecule has 0 saturated heterocycles. The van der Waals surface area contributed by atoms with Gasteiger partial charge in [0, 0.05) is 5.39 Å². The molecule has 16 heavy (non-hydrogen) atoms. The van der Waals surface area contributed by atoms with Gasteiger partial charge in [-0.3, -0.25) is 0 Å². The molecule has 0 aliphatic heterocycles. The van der Waals surface area contributed by atoms with Gasteiger partial charge in [0.05, 0.1) is 12.0 Å². The summed E-state index contributed by atoms with van der Waals surface area (Å²) >= 11 is 0. The molecule has 0 spiro atoms. The molecule has 0 saturated carbocycles. The quantitative estimate of drug-likeness (QED) is 0.641. The van der Waals surface area contributed by atoms with Gasteiger partial charge in [0.2, 0.25) is 0 Å². The molecule has 1 heterocycles. The number of ether oxygens (including phenoxy) is 1. The molecule has 0 aliphatic carbocycles. The summed E-state index contributed by atoms with van der Waals surface area (Å²) in [7, 11) is 0. The second-order valence-corrected chi connectivity index (χ2v) is 3.66. The Labute approximate surface area is 93.4 Å². The van der Waals surface area contributed by atoms with E-state index in [9.17, 15) is 0 Å². The minimum atomic E-state index is 0.665. The summed E-state index contributed by atoms with van der Waals surface area (Å²) < 4.78 is 11.4. The number of rotatable bonds is 2. The smallest absolute Gasteiger partial charge is 0.139 e. The van der Waals surface area contributed by atoms with Crippen molar-refractivity contribution in [3.63, 3.8) is 0 Å². The van der Waals surface area contributed by atoms with Crippen LogP contribution >= 0.6 is 0 Å². The van der Waals surface area contributed by atoms with Crippen LogP contribution in [0.15, 0.2) is 46.9 Å². The number of furan rings is 1. The van der Waals surface area contributed by atoms with Gasteiger partial charge < -0.3 is 9.15 Å². The van der Waals surface area contributed by atoms with E-state index in [1.54, 1.807) is 0 Å². The molecule has 0 radical (unpaired) electrons. The maximum Gasteiger partial charge on any atom is 0.139 e. The Morgan fingerprint density at radius 2 is 1.81 bits per heavy atom. The maximum atomic E-state index is 5.76. The van der Waals surface area contributed by atoms with Crippen LogP contribution in [0.5, 0.6) is 5.75 Å². The highest BCUT2D eigenvalue weighted by atomic mass is 16.5. The predicted octanol–water partition coefficient (Wildman–Crippen LogP) is 3.98. The summed E-state index contributed by atoms with van der Waals surface area (Å²) in [5.41, 5.74) is 1.79. The molecule has 0 atom stereocenters. The third-order valence-electron chi connectivity index (χ3n) is 2.66. The van der Waals surface area contributed by atoms with Crippen LogP contribution in [0.3, 0.4) is 0 Å². The average molecular weight is 212 g/mol. The molecule has 80 valence electrons. The SMILES string of the molecule is CCOc1cccc2oc3ccccc3c12. The Morgan fingerprint density at radius 1 is 1.00 bits per heavy atom. The van der Waals surface area contributed by atoms with Crippen molar-refractivity contribution in [3.8, 4) is 5.75 Å². The molecular weight excluding hydrogens is 200 g/mol. The lowest BCUT2D eigenvalue weighted by Gasteiger charge is -2.03. The fraction of sp³-hybridized carbons (Fsp3) is 0.143. The van der Waals surface area contributed by atoms with Gasteiger partial charge in [0.25, 0.3) is 0 Å². The summed E-state index contributed by atoms with van der Waals surface area (Å²) in [6.45, 7) is 2.65. The van der Waals surface area contributed by atoms with Crippen LogP contribution < -0.4 is 4.74 Å². The van der Waals surface area contributed by atoms with Gasteiger partial charge in [-0.25, -0.2) is 0 Å². The van der Waals surface area contributed by atoms with Crippen molar-refractivity contribution in [2.45, 2.75) is 6.92 Å². The van der Waals surface area contributed by atoms with E-state index in [4.69, 9.17) is 9.15 Å². The van der Waals surface area contributed by atoms with Crippen LogP contribution in [0.1, 0.15) is 6.92 Å². The molecule has 3 aromatic rings. The third-order valence-corrected chi connectivity index (χ3v) is 2.66. The van der Waals surface area contributed by atoms with E-state index in [0.29, 0.717) is 6.61 Å². The van der Waals surface area contributed by atoms with Crippen molar-refractivity contribution in [3.05, 3.63) is 42.5 Å². The third kappa shape index (κ3) is 1.27. The van der Waals surface area contributed by atoms with Crippen LogP contribution in [0.4, 0.5) is 0 Å². The zero-order valence-corrected chi connectivity index (χ0v) is 9.07. The molecule has 2 aromatic carbocycles. The molecule has 1 aromatic heterocycles. The number of hydrogen-bond donors (Lipinski definition) is 0. The monoisotopic (exact) mass is 212 g/mol. The van der Waals surface area contributed by atoms with Gasteiger partial charge in [-0.05, 0) is 25.1 Å². The van der Waals surface area contributed by atoms with E-state index >= 15 is 0 Å². The van der Waals surface area contributed by atoms with Crippen LogP contribution in [-0.2, 0) is 0 Å². The van der Waals surface area contributed by atoms with Gasteiger partial charge in [0.15, 0.2) is 0 Å². The Balaban J connectivity index is 2.43. The summed E-state index contributed by atoms with van der Waals surface area (Å²) in [4.78, 5) is 0. The molecule has 0 fully saturated rings. The molecule has 0 N–H and O–H groups in total. The highest BCUT2D eigenvalue weighted by Crippen LogP contribution is 2.35. The molecule has 0 unspecified atom stereocenters. The van der Waals surface area contributed by atoms with Crippen molar-refractivity contribution in [1.29, 1.82) is 0 Å². The summed E-state index contributed by atoms with van der Waals surface area (Å²) in [6.07, 6.45) is 0. The number of benzene rings is 2. The van der Waals surface area contributed by atoms with Crippen molar-refractivity contribution in [1.82, 2.24) is 0 Å². The highest BCUT2D eigenvalue weighted by Gasteiger charge is 2.10. The highest BCUT2D eigenvalue weighted by molar-refractivity contribution is 6.08. The van der Waals surface area contributed by atoms with Gasteiger partial charge in [-0.2, -0.15) is 0 Å². The largest absolute Gasteiger partial charge is 0.493 e. The van der Waals surface area contributed by atoms with E-state index in [-0.39, 0.29) is 0 Å².